The van der Waals surface area contributed by atoms with Crippen LogP contribution in [0, 0.1) is 0 Å². The third kappa shape index (κ3) is 3.55. The molecule has 2 rings (SSSR count). The lowest BCUT2D eigenvalue weighted by Gasteiger charge is -2.12. The minimum Gasteiger partial charge on any atom is -0.251 e. The number of hydrogen-bond acceptors (Lipinski definition) is 3. The normalized spacial score (nSPS) is 15.5. The summed E-state index contributed by atoms with van der Waals surface area (Å²) in [4.78, 5) is 4.64. The van der Waals surface area contributed by atoms with Gasteiger partial charge >= 0.3 is 0 Å². The minimum atomic E-state index is 0.157. The number of fused-ring (bicyclic) bond motifs is 1. The fourth-order valence-corrected chi connectivity index (χ4v) is 2.96. The third-order valence-corrected chi connectivity index (χ3v) is 3.99. The molecule has 0 radical (unpaired) electrons. The zero-order valence-electron chi connectivity index (χ0n) is 10.5. The van der Waals surface area contributed by atoms with Crippen molar-refractivity contribution < 1.29 is 0 Å². The van der Waals surface area contributed by atoms with Crippen molar-refractivity contribution in [3.05, 3.63) is 27.5 Å². The Morgan fingerprint density at radius 1 is 1.41 bits per heavy atom. The molecule has 0 unspecified atom stereocenters. The molecule has 0 aromatic carbocycles. The molecule has 1 aliphatic carbocycles. The average Bonchev–Trinajstić information content (AvgIpc) is 2.64. The number of pyridine rings is 1. The lowest BCUT2D eigenvalue weighted by Crippen LogP contribution is -2.05. The monoisotopic (exact) mass is 312 g/mol. The lowest BCUT2D eigenvalue weighted by molar-refractivity contribution is 0.804. The van der Waals surface area contributed by atoms with Gasteiger partial charge in [-0.25, -0.2) is 4.40 Å². The van der Waals surface area contributed by atoms with Gasteiger partial charge in [0.2, 0.25) is 0 Å². The highest BCUT2D eigenvalue weighted by Crippen LogP contribution is 2.28. The fourth-order valence-electron chi connectivity index (χ4n) is 1.82. The van der Waals surface area contributed by atoms with Crippen molar-refractivity contribution in [2.45, 2.75) is 44.8 Å². The molecule has 0 saturated heterocycles. The number of aryl methyl sites for hydroxylation is 1. The number of aromatic nitrogens is 1. The molecule has 92 valence electrons. The van der Waals surface area contributed by atoms with E-state index in [0.717, 1.165) is 18.5 Å². The highest BCUT2D eigenvalue weighted by molar-refractivity contribution is 9.10. The van der Waals surface area contributed by atoms with Gasteiger partial charge in [-0.15, -0.1) is 0 Å². The van der Waals surface area contributed by atoms with E-state index in [2.05, 4.69) is 52.1 Å². The maximum atomic E-state index is 4.64. The van der Waals surface area contributed by atoms with Crippen LogP contribution in [0.15, 0.2) is 14.9 Å². The van der Waals surface area contributed by atoms with Gasteiger partial charge in [-0.3, -0.25) is 4.98 Å². The van der Waals surface area contributed by atoms with Crippen LogP contribution in [0.4, 0.5) is 0 Å². The second-order valence-corrected chi connectivity index (χ2v) is 7.72. The molecule has 1 aromatic rings. The predicted octanol–water partition coefficient (Wildman–Crippen LogP) is 4.20. The smallest absolute Gasteiger partial charge is 0.0833 e. The van der Waals surface area contributed by atoms with Crippen LogP contribution < -0.4 is 0 Å². The van der Waals surface area contributed by atoms with Gasteiger partial charge in [0.05, 0.1) is 11.9 Å². The van der Waals surface area contributed by atoms with Gasteiger partial charge in [0, 0.05) is 14.9 Å². The van der Waals surface area contributed by atoms with Crippen molar-refractivity contribution in [2.24, 2.45) is 4.40 Å². The Morgan fingerprint density at radius 2 is 2.18 bits per heavy atom. The van der Waals surface area contributed by atoms with Gasteiger partial charge in [0.25, 0.3) is 0 Å². The van der Waals surface area contributed by atoms with Crippen molar-refractivity contribution >= 4 is 34.1 Å². The standard InChI is InChI=1S/C13H17BrN2S/c1-13(2,3)17-15-8-9-7-11(14)10-5-4-6-12(10)16-9/h7-8H,4-6H2,1-3H3/b15-8+. The molecule has 1 heterocycles. The first-order valence-electron chi connectivity index (χ1n) is 5.85. The van der Waals surface area contributed by atoms with Crippen molar-refractivity contribution in [3.8, 4) is 0 Å². The zero-order valence-corrected chi connectivity index (χ0v) is 12.9. The molecule has 0 bridgehead atoms. The Bertz CT molecular complexity index is 449. The summed E-state index contributed by atoms with van der Waals surface area (Å²) in [6, 6.07) is 2.07. The molecular weight excluding hydrogens is 296 g/mol. The van der Waals surface area contributed by atoms with E-state index in [-0.39, 0.29) is 4.75 Å². The molecule has 0 atom stereocenters. The summed E-state index contributed by atoms with van der Waals surface area (Å²) in [5, 5.41) is 0. The second kappa shape index (κ2) is 5.11. The average molecular weight is 313 g/mol. The minimum absolute atomic E-state index is 0.157. The summed E-state index contributed by atoms with van der Waals surface area (Å²) in [6.07, 6.45) is 5.33. The molecule has 0 fully saturated rings. The van der Waals surface area contributed by atoms with Gasteiger partial charge in [0.1, 0.15) is 0 Å². The largest absolute Gasteiger partial charge is 0.251 e. The molecule has 0 spiro atoms. The molecule has 0 aliphatic heterocycles. The Morgan fingerprint density at radius 3 is 2.88 bits per heavy atom. The Balaban J connectivity index is 2.15. The highest BCUT2D eigenvalue weighted by atomic mass is 79.9. The fraction of sp³-hybridized carbons (Fsp3) is 0.538. The van der Waals surface area contributed by atoms with Gasteiger partial charge in [-0.05, 0) is 63.6 Å². The van der Waals surface area contributed by atoms with Crippen LogP contribution in [-0.2, 0) is 12.8 Å². The van der Waals surface area contributed by atoms with Gasteiger partial charge < -0.3 is 0 Å². The van der Waals surface area contributed by atoms with E-state index < -0.39 is 0 Å². The number of rotatable bonds is 2. The van der Waals surface area contributed by atoms with Gasteiger partial charge in [-0.1, -0.05) is 15.9 Å². The van der Waals surface area contributed by atoms with Gasteiger partial charge in [-0.2, -0.15) is 0 Å². The Labute approximate surface area is 116 Å². The number of hydrogen-bond donors (Lipinski definition) is 0. The molecule has 0 amide bonds. The molecule has 4 heteroatoms. The Hall–Kier alpha value is -0.350. The molecule has 1 aromatic heterocycles. The topological polar surface area (TPSA) is 25.2 Å². The lowest BCUT2D eigenvalue weighted by atomic mass is 10.2. The zero-order chi connectivity index (χ0) is 12.5. The summed E-state index contributed by atoms with van der Waals surface area (Å²) in [5.74, 6) is 0. The van der Waals surface area contributed by atoms with Crippen molar-refractivity contribution in [3.63, 3.8) is 0 Å². The van der Waals surface area contributed by atoms with Crippen LogP contribution in [0.1, 0.15) is 44.1 Å². The maximum absolute atomic E-state index is 4.64. The van der Waals surface area contributed by atoms with E-state index >= 15 is 0 Å². The molecule has 2 nitrogen and oxygen atoms in total. The van der Waals surface area contributed by atoms with E-state index in [9.17, 15) is 0 Å². The summed E-state index contributed by atoms with van der Waals surface area (Å²) >= 11 is 5.20. The quantitative estimate of drug-likeness (QED) is 0.604. The molecule has 0 N–H and O–H groups in total. The van der Waals surface area contributed by atoms with E-state index in [1.807, 2.05) is 6.21 Å². The number of halogens is 1. The van der Waals surface area contributed by atoms with Crippen molar-refractivity contribution in [1.82, 2.24) is 4.98 Å². The SMILES string of the molecule is CC(C)(C)S/N=C/c1cc(Br)c2c(n1)CCC2. The first-order chi connectivity index (χ1) is 7.96. The van der Waals surface area contributed by atoms with Crippen LogP contribution in [0.25, 0.3) is 0 Å². The third-order valence-electron chi connectivity index (χ3n) is 2.53. The van der Waals surface area contributed by atoms with E-state index in [4.69, 9.17) is 0 Å². The Kier molecular flexibility index (Phi) is 3.93. The number of nitrogens with zero attached hydrogens (tertiary/aromatic N) is 2. The van der Waals surface area contributed by atoms with E-state index in [1.54, 1.807) is 11.9 Å². The molecular formula is C13H17BrN2S. The van der Waals surface area contributed by atoms with Gasteiger partial charge in [0.15, 0.2) is 0 Å². The van der Waals surface area contributed by atoms with Crippen LogP contribution >= 0.6 is 27.9 Å². The maximum Gasteiger partial charge on any atom is 0.0833 e. The summed E-state index contributed by atoms with van der Waals surface area (Å²) in [5.41, 5.74) is 3.57. The highest BCUT2D eigenvalue weighted by Gasteiger charge is 2.16. The summed E-state index contributed by atoms with van der Waals surface area (Å²) in [7, 11) is 0. The van der Waals surface area contributed by atoms with Crippen LogP contribution in [0.2, 0.25) is 0 Å². The molecule has 17 heavy (non-hydrogen) atoms. The predicted molar refractivity (Wildman–Crippen MR) is 78.9 cm³/mol. The van der Waals surface area contributed by atoms with Crippen molar-refractivity contribution in [1.29, 1.82) is 0 Å². The molecule has 0 saturated carbocycles. The van der Waals surface area contributed by atoms with Crippen LogP contribution in [0.3, 0.4) is 0 Å². The first-order valence-corrected chi connectivity index (χ1v) is 7.42. The molecule has 1 aliphatic rings. The summed E-state index contributed by atoms with van der Waals surface area (Å²) in [6.45, 7) is 6.46. The van der Waals surface area contributed by atoms with Crippen molar-refractivity contribution in [2.75, 3.05) is 0 Å². The van der Waals surface area contributed by atoms with E-state index in [1.165, 1.54) is 22.2 Å². The van der Waals surface area contributed by atoms with Crippen LogP contribution in [-0.4, -0.2) is 15.9 Å². The first kappa shape index (κ1) is 13.1. The summed E-state index contributed by atoms with van der Waals surface area (Å²) < 4.78 is 5.73. The van der Waals surface area contributed by atoms with Crippen LogP contribution in [0.5, 0.6) is 0 Å². The second-order valence-electron chi connectivity index (χ2n) is 5.25. The van der Waals surface area contributed by atoms with E-state index in [0.29, 0.717) is 0 Å².